The number of carbonyl (C=O) groups is 2. The van der Waals surface area contributed by atoms with Gasteiger partial charge in [0.15, 0.2) is 5.76 Å². The minimum atomic E-state index is -0.509. The van der Waals surface area contributed by atoms with Gasteiger partial charge >= 0.3 is 5.97 Å². The van der Waals surface area contributed by atoms with E-state index >= 15 is 0 Å². The lowest BCUT2D eigenvalue weighted by Gasteiger charge is -2.08. The number of nitrogens with zero attached hydrogens (tertiary/aromatic N) is 1. The molecule has 1 heterocycles. The zero-order valence-electron chi connectivity index (χ0n) is 17.9. The van der Waals surface area contributed by atoms with Gasteiger partial charge in [-0.1, -0.05) is 24.3 Å². The zero-order chi connectivity index (χ0) is 23.5. The Morgan fingerprint density at radius 1 is 1.09 bits per heavy atom. The molecular formula is C25H19NO7. The molecule has 0 saturated carbocycles. The van der Waals surface area contributed by atoms with Crippen LogP contribution in [0, 0.1) is 17.0 Å². The highest BCUT2D eigenvalue weighted by atomic mass is 16.6. The molecule has 8 heteroatoms. The van der Waals surface area contributed by atoms with Crippen molar-refractivity contribution in [1.82, 2.24) is 0 Å². The first-order chi connectivity index (χ1) is 15.8. The van der Waals surface area contributed by atoms with Crippen LogP contribution in [0.5, 0.6) is 17.2 Å². The van der Waals surface area contributed by atoms with Gasteiger partial charge in [-0.25, -0.2) is 0 Å². The molecule has 0 unspecified atom stereocenters. The minimum Gasteiger partial charge on any atom is -0.497 e. The van der Waals surface area contributed by atoms with Gasteiger partial charge in [0.1, 0.15) is 17.2 Å². The third-order valence-corrected chi connectivity index (χ3v) is 5.06. The number of nitro groups is 1. The molecule has 0 bridgehead atoms. The Bertz CT molecular complexity index is 1290. The average Bonchev–Trinajstić information content (AvgIpc) is 3.09. The second kappa shape index (κ2) is 8.96. The Hall–Kier alpha value is -4.46. The van der Waals surface area contributed by atoms with Gasteiger partial charge in [0.05, 0.1) is 24.0 Å². The fraction of sp³-hybridized carbons (Fsp3) is 0.120. The first-order valence-corrected chi connectivity index (χ1v) is 10.0. The second-order valence-electron chi connectivity index (χ2n) is 7.40. The molecule has 33 heavy (non-hydrogen) atoms. The fourth-order valence-corrected chi connectivity index (χ4v) is 3.49. The van der Waals surface area contributed by atoms with Crippen LogP contribution >= 0.6 is 0 Å². The van der Waals surface area contributed by atoms with E-state index in [2.05, 4.69) is 0 Å². The van der Waals surface area contributed by atoms with Crippen molar-refractivity contribution in [3.8, 4) is 17.2 Å². The van der Waals surface area contributed by atoms with E-state index in [1.165, 1.54) is 30.3 Å². The van der Waals surface area contributed by atoms with Crippen molar-refractivity contribution in [2.75, 3.05) is 7.11 Å². The third-order valence-electron chi connectivity index (χ3n) is 5.06. The number of ketones is 1. The topological polar surface area (TPSA) is 105 Å². The maximum absolute atomic E-state index is 12.8. The van der Waals surface area contributed by atoms with Crippen LogP contribution in [-0.4, -0.2) is 23.8 Å². The van der Waals surface area contributed by atoms with E-state index < -0.39 is 10.9 Å². The van der Waals surface area contributed by atoms with E-state index in [0.29, 0.717) is 22.4 Å². The van der Waals surface area contributed by atoms with Crippen molar-refractivity contribution < 1.29 is 28.7 Å². The summed E-state index contributed by atoms with van der Waals surface area (Å²) in [4.78, 5) is 35.7. The number of nitro benzene ring substituents is 1. The van der Waals surface area contributed by atoms with Crippen LogP contribution in [0.3, 0.4) is 0 Å². The van der Waals surface area contributed by atoms with Crippen LogP contribution in [0.15, 0.2) is 66.4 Å². The van der Waals surface area contributed by atoms with Gasteiger partial charge in [0.25, 0.3) is 5.69 Å². The molecule has 0 aliphatic carbocycles. The van der Waals surface area contributed by atoms with Crippen LogP contribution in [0.25, 0.3) is 6.08 Å². The summed E-state index contributed by atoms with van der Waals surface area (Å²) < 4.78 is 16.3. The molecule has 0 saturated heterocycles. The molecule has 0 N–H and O–H groups in total. The van der Waals surface area contributed by atoms with E-state index in [9.17, 15) is 19.7 Å². The highest BCUT2D eigenvalue weighted by Crippen LogP contribution is 2.37. The summed E-state index contributed by atoms with van der Waals surface area (Å²) in [7, 11) is 1.57. The number of aryl methyl sites for hydroxylation is 1. The lowest BCUT2D eigenvalue weighted by atomic mass is 10.0. The number of non-ortho nitro benzene ring substituents is 1. The zero-order valence-corrected chi connectivity index (χ0v) is 17.9. The summed E-state index contributed by atoms with van der Waals surface area (Å²) in [5.41, 5.74) is 2.10. The number of hydrogen-bond acceptors (Lipinski definition) is 7. The summed E-state index contributed by atoms with van der Waals surface area (Å²) >= 11 is 0. The summed E-state index contributed by atoms with van der Waals surface area (Å²) in [6.07, 6.45) is 1.52. The molecule has 8 nitrogen and oxygen atoms in total. The van der Waals surface area contributed by atoms with E-state index in [1.807, 2.05) is 0 Å². The SMILES string of the molecule is COc1ccc(CC(=O)Oc2cc(C)c3c(c2)O/C(=C\c2cccc([N+](=O)[O-])c2)C3=O)cc1. The molecule has 0 atom stereocenters. The molecule has 4 rings (SSSR count). The van der Waals surface area contributed by atoms with Gasteiger partial charge in [0.2, 0.25) is 5.78 Å². The standard InChI is InChI=1S/C25H19NO7/c1-15-10-20(32-23(27)13-16-6-8-19(31-2)9-7-16)14-21-24(15)25(28)22(33-21)12-17-4-3-5-18(11-17)26(29)30/h3-12,14H,13H2,1-2H3/b22-12-. The number of allylic oxidation sites excluding steroid dienone is 1. The van der Waals surface area contributed by atoms with Crippen LogP contribution in [-0.2, 0) is 11.2 Å². The molecule has 0 aromatic heterocycles. The number of carbonyl (C=O) groups excluding carboxylic acids is 2. The first kappa shape index (κ1) is 21.8. The van der Waals surface area contributed by atoms with Crippen molar-refractivity contribution in [3.63, 3.8) is 0 Å². The fourth-order valence-electron chi connectivity index (χ4n) is 3.49. The predicted octanol–water partition coefficient (Wildman–Crippen LogP) is 4.68. The van der Waals surface area contributed by atoms with Gasteiger partial charge in [-0.05, 0) is 47.9 Å². The lowest BCUT2D eigenvalue weighted by Crippen LogP contribution is -2.11. The highest BCUT2D eigenvalue weighted by molar-refractivity contribution is 6.15. The Labute approximate surface area is 189 Å². The minimum absolute atomic E-state index is 0.0373. The Morgan fingerprint density at radius 3 is 2.55 bits per heavy atom. The largest absolute Gasteiger partial charge is 0.497 e. The predicted molar refractivity (Wildman–Crippen MR) is 120 cm³/mol. The van der Waals surface area contributed by atoms with Crippen LogP contribution in [0.2, 0.25) is 0 Å². The lowest BCUT2D eigenvalue weighted by molar-refractivity contribution is -0.384. The number of hydrogen-bond donors (Lipinski definition) is 0. The molecule has 0 fully saturated rings. The van der Waals surface area contributed by atoms with Crippen LogP contribution in [0.1, 0.15) is 27.0 Å². The monoisotopic (exact) mass is 445 g/mol. The molecule has 3 aromatic rings. The number of methoxy groups -OCH3 is 1. The second-order valence-corrected chi connectivity index (χ2v) is 7.40. The van der Waals surface area contributed by atoms with E-state index in [4.69, 9.17) is 14.2 Å². The molecule has 0 radical (unpaired) electrons. The molecular weight excluding hydrogens is 426 g/mol. The number of ether oxygens (including phenoxy) is 3. The van der Waals surface area contributed by atoms with Crippen molar-refractivity contribution in [2.24, 2.45) is 0 Å². The Kier molecular flexibility index (Phi) is 5.91. The maximum atomic E-state index is 12.8. The smallest absolute Gasteiger partial charge is 0.315 e. The quantitative estimate of drug-likeness (QED) is 0.178. The van der Waals surface area contributed by atoms with Crippen molar-refractivity contribution in [1.29, 1.82) is 0 Å². The van der Waals surface area contributed by atoms with Crippen LogP contribution in [0.4, 0.5) is 5.69 Å². The number of fused-ring (bicyclic) bond motifs is 1. The molecule has 1 aliphatic heterocycles. The maximum Gasteiger partial charge on any atom is 0.315 e. The van der Waals surface area contributed by atoms with Gasteiger partial charge in [-0.15, -0.1) is 0 Å². The molecule has 166 valence electrons. The Morgan fingerprint density at radius 2 is 1.85 bits per heavy atom. The molecule has 0 amide bonds. The summed E-state index contributed by atoms with van der Waals surface area (Å²) in [6.45, 7) is 1.72. The van der Waals surface area contributed by atoms with Crippen molar-refractivity contribution >= 4 is 23.5 Å². The molecule has 1 aliphatic rings. The number of rotatable bonds is 6. The van der Waals surface area contributed by atoms with Gasteiger partial charge in [0, 0.05) is 18.2 Å². The summed E-state index contributed by atoms with van der Waals surface area (Å²) in [5, 5.41) is 11.0. The van der Waals surface area contributed by atoms with E-state index in [0.717, 1.165) is 5.56 Å². The average molecular weight is 445 g/mol. The normalized spacial score (nSPS) is 13.4. The molecule has 3 aromatic carbocycles. The number of esters is 1. The van der Waals surface area contributed by atoms with Gasteiger partial charge in [-0.3, -0.25) is 19.7 Å². The summed E-state index contributed by atoms with van der Waals surface area (Å²) in [5.74, 6) is 0.451. The third kappa shape index (κ3) is 4.74. The molecule has 0 spiro atoms. The van der Waals surface area contributed by atoms with E-state index in [-0.39, 0.29) is 35.1 Å². The van der Waals surface area contributed by atoms with Crippen LogP contribution < -0.4 is 14.2 Å². The Balaban J connectivity index is 1.52. The van der Waals surface area contributed by atoms with Crippen molar-refractivity contribution in [2.45, 2.75) is 13.3 Å². The number of Topliss-reactive ketones (excluding diaryl/α,β-unsaturated/α-hetero) is 1. The highest BCUT2D eigenvalue weighted by Gasteiger charge is 2.30. The first-order valence-electron chi connectivity index (χ1n) is 10.0. The van der Waals surface area contributed by atoms with Crippen molar-refractivity contribution in [3.05, 3.63) is 98.8 Å². The van der Waals surface area contributed by atoms with Gasteiger partial charge < -0.3 is 14.2 Å². The number of benzene rings is 3. The van der Waals surface area contributed by atoms with E-state index in [1.54, 1.807) is 50.4 Å². The summed E-state index contributed by atoms with van der Waals surface area (Å²) in [6, 6.07) is 16.1. The van der Waals surface area contributed by atoms with Gasteiger partial charge in [-0.2, -0.15) is 0 Å².